The van der Waals surface area contributed by atoms with Gasteiger partial charge in [0.1, 0.15) is 5.75 Å². The van der Waals surface area contributed by atoms with Crippen molar-refractivity contribution in [2.45, 2.75) is 16.7 Å². The first-order valence-electron chi connectivity index (χ1n) is 9.80. The molecule has 6 nitrogen and oxygen atoms in total. The van der Waals surface area contributed by atoms with Crippen molar-refractivity contribution in [3.05, 3.63) is 54.2 Å². The number of aromatic nitrogens is 1. The summed E-state index contributed by atoms with van der Waals surface area (Å²) >= 11 is 0. The summed E-state index contributed by atoms with van der Waals surface area (Å²) in [5.74, 6) is 0.705. The Balaban J connectivity index is 1.95. The molecule has 2 aromatic carbocycles. The largest absolute Gasteiger partial charge is 0.497 e. The third-order valence-corrected chi connectivity index (χ3v) is 7.41. The molecule has 1 saturated heterocycles. The third kappa shape index (κ3) is 3.68. The van der Waals surface area contributed by atoms with Gasteiger partial charge < -0.3 is 14.5 Å². The molecule has 0 aliphatic carbocycles. The predicted octanol–water partition coefficient (Wildman–Crippen LogP) is 1.14. The molecule has 0 spiro atoms. The number of anilines is 1. The van der Waals surface area contributed by atoms with E-state index in [1.807, 2.05) is 37.3 Å². The first-order chi connectivity index (χ1) is 13.9. The number of sulfone groups is 1. The van der Waals surface area contributed by atoms with E-state index in [-0.39, 0.29) is 0 Å². The van der Waals surface area contributed by atoms with Crippen LogP contribution in [-0.2, 0) is 9.84 Å². The van der Waals surface area contributed by atoms with Gasteiger partial charge in [-0.3, -0.25) is 0 Å². The predicted molar refractivity (Wildman–Crippen MR) is 113 cm³/mol. The number of aromatic amines is 1. The topological polar surface area (TPSA) is 65.2 Å². The van der Waals surface area contributed by atoms with Crippen molar-refractivity contribution in [3.8, 4) is 5.75 Å². The molecule has 4 rings (SSSR count). The molecule has 0 radical (unpaired) electrons. The normalized spacial score (nSPS) is 15.6. The fourth-order valence-corrected chi connectivity index (χ4v) is 5.26. The van der Waals surface area contributed by atoms with Crippen LogP contribution in [0.2, 0.25) is 0 Å². The zero-order chi connectivity index (χ0) is 20.6. The molecule has 0 amide bonds. The highest BCUT2D eigenvalue weighted by molar-refractivity contribution is 7.91. The molecule has 2 heterocycles. The monoisotopic (exact) mass is 413 g/mol. The van der Waals surface area contributed by atoms with Gasteiger partial charge in [0.2, 0.25) is 15.4 Å². The molecule has 1 aliphatic heterocycles. The van der Waals surface area contributed by atoms with Gasteiger partial charge in [-0.05, 0) is 31.2 Å². The van der Waals surface area contributed by atoms with Crippen LogP contribution in [0.4, 0.5) is 5.69 Å². The Hall–Kier alpha value is -2.64. The van der Waals surface area contributed by atoms with Crippen LogP contribution in [-0.4, -0.2) is 48.8 Å². The van der Waals surface area contributed by atoms with Gasteiger partial charge in [-0.2, -0.15) is 0 Å². The van der Waals surface area contributed by atoms with Gasteiger partial charge in [0.25, 0.3) is 0 Å². The van der Waals surface area contributed by atoms with Crippen molar-refractivity contribution in [3.63, 3.8) is 0 Å². The van der Waals surface area contributed by atoms with Gasteiger partial charge >= 0.3 is 0 Å². The maximum absolute atomic E-state index is 13.6. The molecular formula is C22H27N3O3S+2. The molecule has 3 aromatic rings. The van der Waals surface area contributed by atoms with Crippen LogP contribution in [0.25, 0.3) is 10.9 Å². The summed E-state index contributed by atoms with van der Waals surface area (Å²) in [6.07, 6.45) is 1.63. The van der Waals surface area contributed by atoms with Crippen LogP contribution >= 0.6 is 0 Å². The minimum absolute atomic E-state index is 0.305. The second kappa shape index (κ2) is 7.65. The smallest absolute Gasteiger partial charge is 0.214 e. The van der Waals surface area contributed by atoms with Crippen molar-refractivity contribution in [1.82, 2.24) is 0 Å². The highest BCUT2D eigenvalue weighted by Gasteiger charge is 2.31. The Bertz CT molecular complexity index is 1140. The summed E-state index contributed by atoms with van der Waals surface area (Å²) in [6, 6.07) is 12.8. The number of methoxy groups -OCH3 is 1. The van der Waals surface area contributed by atoms with Crippen LogP contribution in [0.1, 0.15) is 5.56 Å². The first kappa shape index (κ1) is 19.7. The Morgan fingerprint density at radius 2 is 1.76 bits per heavy atom. The highest BCUT2D eigenvalue weighted by atomic mass is 32.2. The number of hydrogen-bond acceptors (Lipinski definition) is 4. The number of piperazine rings is 1. The number of rotatable bonds is 4. The Labute approximate surface area is 171 Å². The average Bonchev–Trinajstić information content (AvgIpc) is 2.73. The van der Waals surface area contributed by atoms with E-state index >= 15 is 0 Å². The third-order valence-electron chi connectivity index (χ3n) is 5.63. The van der Waals surface area contributed by atoms with Crippen LogP contribution < -0.4 is 19.5 Å². The molecule has 0 saturated carbocycles. The average molecular weight is 414 g/mol. The van der Waals surface area contributed by atoms with Gasteiger partial charge in [0, 0.05) is 6.07 Å². The zero-order valence-corrected chi connectivity index (χ0v) is 17.8. The van der Waals surface area contributed by atoms with Crippen LogP contribution in [0, 0.1) is 6.92 Å². The summed E-state index contributed by atoms with van der Waals surface area (Å²) in [7, 11) is 0.109. The standard InChI is InChI=1S/C22H25N3O3S/c1-16-4-7-18(8-5-16)29(26,27)21-15-23-20-9-6-17(28-3)14-19(20)22(21)25-12-10-24(2)11-13-25/h4-9,14-15H,10-13H2,1-3H3/p+2. The fraction of sp³-hybridized carbons (Fsp3) is 0.318. The summed E-state index contributed by atoms with van der Waals surface area (Å²) < 4.78 is 32.6. The van der Waals surface area contributed by atoms with Crippen molar-refractivity contribution >= 4 is 26.4 Å². The first-order valence-corrected chi connectivity index (χ1v) is 11.3. The maximum atomic E-state index is 13.6. The summed E-state index contributed by atoms with van der Waals surface area (Å²) in [5, 5.41) is 0.858. The lowest BCUT2D eigenvalue weighted by Gasteiger charge is -2.33. The highest BCUT2D eigenvalue weighted by Crippen LogP contribution is 2.36. The second-order valence-corrected chi connectivity index (χ2v) is 9.59. The molecule has 2 N–H and O–H groups in total. The van der Waals surface area contributed by atoms with Gasteiger partial charge in [-0.15, -0.1) is 0 Å². The minimum Gasteiger partial charge on any atom is -0.497 e. The number of hydrogen-bond donors (Lipinski definition) is 1. The second-order valence-electron chi connectivity index (χ2n) is 7.67. The van der Waals surface area contributed by atoms with E-state index < -0.39 is 9.84 Å². The fourth-order valence-electron chi connectivity index (χ4n) is 3.80. The van der Waals surface area contributed by atoms with Gasteiger partial charge in [0.15, 0.2) is 11.1 Å². The van der Waals surface area contributed by atoms with E-state index in [1.165, 1.54) is 4.90 Å². The molecule has 1 aliphatic rings. The Morgan fingerprint density at radius 1 is 1.07 bits per heavy atom. The number of pyridine rings is 1. The maximum Gasteiger partial charge on any atom is 0.214 e. The van der Waals surface area contributed by atoms with Crippen LogP contribution in [0.3, 0.4) is 0 Å². The lowest BCUT2D eigenvalue weighted by atomic mass is 10.1. The summed E-state index contributed by atoms with van der Waals surface area (Å²) in [6.45, 7) is 5.49. The van der Waals surface area contributed by atoms with Crippen LogP contribution in [0.5, 0.6) is 5.75 Å². The molecular weight excluding hydrogens is 386 g/mol. The van der Waals surface area contributed by atoms with E-state index in [9.17, 15) is 8.42 Å². The summed E-state index contributed by atoms with van der Waals surface area (Å²) in [4.78, 5) is 7.44. The quantitative estimate of drug-likeness (QED) is 0.697. The minimum atomic E-state index is -3.68. The lowest BCUT2D eigenvalue weighted by Crippen LogP contribution is -3.12. The molecule has 1 fully saturated rings. The zero-order valence-electron chi connectivity index (χ0n) is 17.0. The number of likely N-dealkylation sites (N-methyl/N-ethyl adjacent to an activating group) is 1. The number of quaternary nitrogens is 1. The SMILES string of the molecule is COc1ccc2[nH+]cc(S(=O)(=O)c3ccc(C)cc3)c(N3CC[NH+](C)CC3)c2c1. The van der Waals surface area contributed by atoms with Crippen molar-refractivity contribution in [2.75, 3.05) is 45.2 Å². The Morgan fingerprint density at radius 3 is 2.41 bits per heavy atom. The molecule has 152 valence electrons. The number of aryl methyl sites for hydroxylation is 1. The Kier molecular flexibility index (Phi) is 5.19. The van der Waals surface area contributed by atoms with Crippen LogP contribution in [0.15, 0.2) is 58.5 Å². The number of nitrogens with zero attached hydrogens (tertiary/aromatic N) is 1. The molecule has 29 heavy (non-hydrogen) atoms. The molecule has 0 unspecified atom stereocenters. The molecule has 0 bridgehead atoms. The van der Waals surface area contributed by atoms with Gasteiger partial charge in [-0.1, -0.05) is 17.7 Å². The molecule has 0 atom stereocenters. The van der Waals surface area contributed by atoms with E-state index in [4.69, 9.17) is 4.74 Å². The van der Waals surface area contributed by atoms with E-state index in [0.717, 1.165) is 48.3 Å². The number of benzene rings is 2. The molecule has 7 heteroatoms. The van der Waals surface area contributed by atoms with Crippen molar-refractivity contribution < 1.29 is 23.0 Å². The van der Waals surface area contributed by atoms with E-state index in [2.05, 4.69) is 16.9 Å². The van der Waals surface area contributed by atoms with E-state index in [0.29, 0.717) is 15.5 Å². The van der Waals surface area contributed by atoms with Gasteiger partial charge in [0.05, 0.1) is 56.3 Å². The number of H-pyrrole nitrogens is 1. The lowest BCUT2D eigenvalue weighted by molar-refractivity contribution is -0.880. The number of ether oxygens (including phenoxy) is 1. The summed E-state index contributed by atoms with van der Waals surface area (Å²) in [5.41, 5.74) is 2.67. The van der Waals surface area contributed by atoms with E-state index in [1.54, 1.807) is 25.4 Å². The number of nitrogens with one attached hydrogen (secondary N) is 2. The number of fused-ring (bicyclic) bond motifs is 1. The molecule has 1 aromatic heterocycles. The van der Waals surface area contributed by atoms with Gasteiger partial charge in [-0.25, -0.2) is 13.4 Å². The van der Waals surface area contributed by atoms with Crippen molar-refractivity contribution in [2.24, 2.45) is 0 Å². The van der Waals surface area contributed by atoms with Crippen molar-refractivity contribution in [1.29, 1.82) is 0 Å².